The van der Waals surface area contributed by atoms with Gasteiger partial charge in [-0.25, -0.2) is 4.39 Å². The third-order valence-corrected chi connectivity index (χ3v) is 2.99. The zero-order valence-corrected chi connectivity index (χ0v) is 9.56. The lowest BCUT2D eigenvalue weighted by molar-refractivity contribution is -0.252. The summed E-state index contributed by atoms with van der Waals surface area (Å²) in [6.07, 6.45) is -4.17. The quantitative estimate of drug-likeness (QED) is 0.828. The monoisotopic (exact) mass is 263 g/mol. The maximum Gasteiger partial charge on any atom is 0.429 e. The normalized spacial score (nSPS) is 24.9. The molecule has 18 heavy (non-hydrogen) atoms. The fourth-order valence-electron chi connectivity index (χ4n) is 1.99. The van der Waals surface area contributed by atoms with E-state index in [1.165, 1.54) is 12.1 Å². The molecule has 6 heteroatoms. The summed E-state index contributed by atoms with van der Waals surface area (Å²) in [6.45, 7) is 0.262. The highest BCUT2D eigenvalue weighted by Gasteiger charge is 2.57. The fraction of sp³-hybridized carbons (Fsp3) is 0.500. The smallest absolute Gasteiger partial charge is 0.429 e. The van der Waals surface area contributed by atoms with Crippen molar-refractivity contribution < 1.29 is 22.3 Å². The number of nitrogens with one attached hydrogen (secondary N) is 1. The fourth-order valence-corrected chi connectivity index (χ4v) is 1.99. The molecule has 1 unspecified atom stereocenters. The van der Waals surface area contributed by atoms with Gasteiger partial charge in [-0.1, -0.05) is 0 Å². The predicted octanol–water partition coefficient (Wildman–Crippen LogP) is 2.89. The molecular formula is C12H13F4NO. The van der Waals surface area contributed by atoms with Crippen molar-refractivity contribution in [1.82, 2.24) is 5.32 Å². The molecule has 0 bridgehead atoms. The molecule has 2 rings (SSSR count). The van der Waals surface area contributed by atoms with Crippen molar-refractivity contribution in [2.24, 2.45) is 0 Å². The summed E-state index contributed by atoms with van der Waals surface area (Å²) in [5.74, 6) is -0.484. The van der Waals surface area contributed by atoms with Gasteiger partial charge in [-0.3, -0.25) is 0 Å². The van der Waals surface area contributed by atoms with Gasteiger partial charge in [0.25, 0.3) is 0 Å². The summed E-state index contributed by atoms with van der Waals surface area (Å²) < 4.78 is 57.2. The van der Waals surface area contributed by atoms with E-state index in [0.717, 1.165) is 12.1 Å². The molecule has 1 aliphatic rings. The summed E-state index contributed by atoms with van der Waals surface area (Å²) in [5, 5.41) is 2.69. The van der Waals surface area contributed by atoms with E-state index in [2.05, 4.69) is 5.32 Å². The first-order chi connectivity index (χ1) is 8.43. The van der Waals surface area contributed by atoms with E-state index in [-0.39, 0.29) is 18.7 Å². The highest BCUT2D eigenvalue weighted by Crippen LogP contribution is 2.39. The Morgan fingerprint density at radius 1 is 1.17 bits per heavy atom. The molecule has 1 saturated heterocycles. The Morgan fingerprint density at radius 2 is 1.83 bits per heavy atom. The molecule has 100 valence electrons. The second-order valence-corrected chi connectivity index (χ2v) is 4.33. The molecule has 0 saturated carbocycles. The molecule has 1 aromatic carbocycles. The largest absolute Gasteiger partial charge is 0.476 e. The van der Waals surface area contributed by atoms with Gasteiger partial charge in [-0.05, 0) is 43.7 Å². The van der Waals surface area contributed by atoms with Crippen LogP contribution < -0.4 is 10.1 Å². The minimum Gasteiger partial charge on any atom is -0.476 e. The molecular weight excluding hydrogens is 250 g/mol. The molecule has 1 atom stereocenters. The number of halogens is 4. The van der Waals surface area contributed by atoms with Gasteiger partial charge >= 0.3 is 6.18 Å². The molecule has 1 N–H and O–H groups in total. The molecule has 0 radical (unpaired) electrons. The van der Waals surface area contributed by atoms with Crippen LogP contribution in [0.25, 0.3) is 0 Å². The van der Waals surface area contributed by atoms with E-state index in [4.69, 9.17) is 4.74 Å². The minimum atomic E-state index is -4.46. The standard InChI is InChI=1S/C12H13F4NO/c13-9-2-4-10(5-3-9)18-11(12(14,15)16)6-1-7-17-8-11/h2-5,17H,1,6-8H2. The Hall–Kier alpha value is -1.30. The molecule has 1 heterocycles. The summed E-state index contributed by atoms with van der Waals surface area (Å²) in [4.78, 5) is 0. The first kappa shape index (κ1) is 13.1. The van der Waals surface area contributed by atoms with Gasteiger partial charge in [0.2, 0.25) is 5.60 Å². The van der Waals surface area contributed by atoms with Crippen molar-refractivity contribution in [3.63, 3.8) is 0 Å². The molecule has 2 nitrogen and oxygen atoms in total. The summed E-state index contributed by atoms with van der Waals surface area (Å²) in [6, 6.07) is 4.57. The van der Waals surface area contributed by atoms with Crippen LogP contribution in [0.15, 0.2) is 24.3 Å². The van der Waals surface area contributed by atoms with Crippen molar-refractivity contribution in [3.05, 3.63) is 30.1 Å². The van der Waals surface area contributed by atoms with Crippen molar-refractivity contribution in [2.75, 3.05) is 13.1 Å². The minimum absolute atomic E-state index is 0.0254. The number of hydrogen-bond donors (Lipinski definition) is 1. The second-order valence-electron chi connectivity index (χ2n) is 4.33. The highest BCUT2D eigenvalue weighted by molar-refractivity contribution is 5.24. The van der Waals surface area contributed by atoms with Gasteiger partial charge in [0, 0.05) is 6.54 Å². The van der Waals surface area contributed by atoms with E-state index in [0.29, 0.717) is 13.0 Å². The number of hydrogen-bond acceptors (Lipinski definition) is 2. The van der Waals surface area contributed by atoms with Gasteiger partial charge < -0.3 is 10.1 Å². The molecule has 1 aliphatic heterocycles. The van der Waals surface area contributed by atoms with Gasteiger partial charge in [-0.15, -0.1) is 0 Å². The Bertz CT molecular complexity index is 396. The van der Waals surface area contributed by atoms with Crippen LogP contribution in [0.3, 0.4) is 0 Å². The molecule has 0 aliphatic carbocycles. The second kappa shape index (κ2) is 4.76. The summed E-state index contributed by atoms with van der Waals surface area (Å²) >= 11 is 0. The Kier molecular flexibility index (Phi) is 3.47. The third-order valence-electron chi connectivity index (χ3n) is 2.99. The SMILES string of the molecule is Fc1ccc(OC2(C(F)(F)F)CCCNC2)cc1. The van der Waals surface area contributed by atoms with Crippen LogP contribution in [0.5, 0.6) is 5.75 Å². The molecule has 0 aromatic heterocycles. The lowest BCUT2D eigenvalue weighted by Crippen LogP contribution is -2.59. The molecule has 1 aromatic rings. The Balaban J connectivity index is 2.22. The Labute approximate surface area is 102 Å². The van der Waals surface area contributed by atoms with Crippen LogP contribution in [0.1, 0.15) is 12.8 Å². The number of alkyl halides is 3. The average molecular weight is 263 g/mol. The van der Waals surface area contributed by atoms with Gasteiger partial charge in [0.1, 0.15) is 11.6 Å². The average Bonchev–Trinajstić information content (AvgIpc) is 2.32. The zero-order valence-electron chi connectivity index (χ0n) is 9.56. The first-order valence-corrected chi connectivity index (χ1v) is 5.65. The van der Waals surface area contributed by atoms with Gasteiger partial charge in [0.15, 0.2) is 0 Å². The first-order valence-electron chi connectivity index (χ1n) is 5.65. The molecule has 1 fully saturated rings. The van der Waals surface area contributed by atoms with Crippen LogP contribution >= 0.6 is 0 Å². The van der Waals surface area contributed by atoms with Gasteiger partial charge in [-0.2, -0.15) is 13.2 Å². The van der Waals surface area contributed by atoms with Gasteiger partial charge in [0.05, 0.1) is 0 Å². The molecule has 0 spiro atoms. The number of ether oxygens (including phenoxy) is 1. The van der Waals surface area contributed by atoms with Crippen LogP contribution in [-0.4, -0.2) is 24.9 Å². The van der Waals surface area contributed by atoms with Crippen LogP contribution in [0, 0.1) is 5.82 Å². The zero-order chi connectivity index (χ0) is 13.2. The van der Waals surface area contributed by atoms with E-state index in [9.17, 15) is 17.6 Å². The van der Waals surface area contributed by atoms with E-state index < -0.39 is 17.6 Å². The van der Waals surface area contributed by atoms with E-state index in [1.807, 2.05) is 0 Å². The maximum absolute atomic E-state index is 13.1. The van der Waals surface area contributed by atoms with Crippen molar-refractivity contribution >= 4 is 0 Å². The lowest BCUT2D eigenvalue weighted by atomic mass is 9.93. The summed E-state index contributed by atoms with van der Waals surface area (Å²) in [5.41, 5.74) is -2.22. The topological polar surface area (TPSA) is 21.3 Å². The maximum atomic E-state index is 13.1. The molecule has 0 amide bonds. The van der Waals surface area contributed by atoms with Crippen molar-refractivity contribution in [3.8, 4) is 5.75 Å². The third kappa shape index (κ3) is 2.58. The predicted molar refractivity (Wildman–Crippen MR) is 57.9 cm³/mol. The van der Waals surface area contributed by atoms with E-state index in [1.54, 1.807) is 0 Å². The Morgan fingerprint density at radius 3 is 2.33 bits per heavy atom. The summed E-state index contributed by atoms with van der Waals surface area (Å²) in [7, 11) is 0. The highest BCUT2D eigenvalue weighted by atomic mass is 19.4. The number of benzene rings is 1. The lowest BCUT2D eigenvalue weighted by Gasteiger charge is -2.39. The van der Waals surface area contributed by atoms with Crippen LogP contribution in [0.4, 0.5) is 17.6 Å². The van der Waals surface area contributed by atoms with Crippen molar-refractivity contribution in [1.29, 1.82) is 0 Å². The number of piperidine rings is 1. The van der Waals surface area contributed by atoms with E-state index >= 15 is 0 Å². The van der Waals surface area contributed by atoms with Crippen molar-refractivity contribution in [2.45, 2.75) is 24.6 Å². The van der Waals surface area contributed by atoms with Crippen LogP contribution in [0.2, 0.25) is 0 Å². The van der Waals surface area contributed by atoms with Crippen LogP contribution in [-0.2, 0) is 0 Å². The number of rotatable bonds is 2.